The summed E-state index contributed by atoms with van der Waals surface area (Å²) in [5, 5.41) is 11.5. The van der Waals surface area contributed by atoms with E-state index in [9.17, 15) is 19.7 Å². The number of likely N-dealkylation sites (tertiary alicyclic amines) is 1. The number of allylic oxidation sites excluding steroid dienone is 1. The lowest BCUT2D eigenvalue weighted by molar-refractivity contribution is -0.384. The fourth-order valence-electron chi connectivity index (χ4n) is 7.82. The molecular formula is C40H49N5O4. The molecule has 2 aliphatic heterocycles. The molecule has 1 fully saturated rings. The highest BCUT2D eigenvalue weighted by Crippen LogP contribution is 2.43. The molecule has 2 amide bonds. The lowest BCUT2D eigenvalue weighted by Gasteiger charge is -2.44. The van der Waals surface area contributed by atoms with Gasteiger partial charge in [0.05, 0.1) is 28.3 Å². The molecule has 0 N–H and O–H groups in total. The predicted octanol–water partition coefficient (Wildman–Crippen LogP) is 7.33. The highest BCUT2D eigenvalue weighted by atomic mass is 16.6. The van der Waals surface area contributed by atoms with Crippen LogP contribution in [0.5, 0.6) is 0 Å². The number of nitro benzene ring substituents is 1. The molecule has 0 radical (unpaired) electrons. The van der Waals surface area contributed by atoms with Crippen molar-refractivity contribution in [3.05, 3.63) is 123 Å². The number of carbonyl (C=O) groups is 2. The van der Waals surface area contributed by atoms with Gasteiger partial charge in [-0.2, -0.15) is 0 Å². The Hall–Kier alpha value is -4.63. The van der Waals surface area contributed by atoms with Crippen molar-refractivity contribution in [2.75, 3.05) is 26.2 Å². The fraction of sp³-hybridized carbons (Fsp3) is 0.425. The van der Waals surface area contributed by atoms with Crippen LogP contribution in [0.15, 0.2) is 101 Å². The summed E-state index contributed by atoms with van der Waals surface area (Å²) in [6, 6.07) is 27.6. The standard InChI is InChI=1S/C40H49N5O4/c1-5-35-38(37(31-18-20-34(21-19-31)45(48)49)39(36(6-2)41-35)44(29-47)30(3)4)43(28-46)25-13-24-42-26-22-40(23-27-42,32-14-9-7-10-15-32)33-16-11-8-12-17-33/h7-12,14-21,28-30,37,39H,5-6,13,22-27H2,1-4H3. The topological polar surface area (TPSA) is 99.4 Å². The highest BCUT2D eigenvalue weighted by molar-refractivity contribution is 5.94. The molecule has 0 saturated carbocycles. The Bertz CT molecular complexity index is 1590. The summed E-state index contributed by atoms with van der Waals surface area (Å²) in [6.07, 6.45) is 5.78. The molecule has 3 aromatic rings. The van der Waals surface area contributed by atoms with Crippen molar-refractivity contribution in [1.29, 1.82) is 0 Å². The lowest BCUT2D eigenvalue weighted by Crippen LogP contribution is -2.51. The van der Waals surface area contributed by atoms with Gasteiger partial charge in [-0.25, -0.2) is 0 Å². The van der Waals surface area contributed by atoms with Crippen LogP contribution >= 0.6 is 0 Å². The maximum absolute atomic E-state index is 13.0. The zero-order chi connectivity index (χ0) is 35.0. The van der Waals surface area contributed by atoms with E-state index in [1.165, 1.54) is 23.3 Å². The normalized spacial score (nSPS) is 19.3. The third-order valence-corrected chi connectivity index (χ3v) is 10.4. The third-order valence-electron chi connectivity index (χ3n) is 10.4. The molecule has 9 heteroatoms. The number of piperidine rings is 1. The van der Waals surface area contributed by atoms with Crippen molar-refractivity contribution in [3.63, 3.8) is 0 Å². The molecule has 49 heavy (non-hydrogen) atoms. The number of non-ortho nitro benzene ring substituents is 1. The van der Waals surface area contributed by atoms with Crippen LogP contribution in [-0.2, 0) is 15.0 Å². The van der Waals surface area contributed by atoms with Gasteiger partial charge in [-0.1, -0.05) is 86.6 Å². The first-order valence-electron chi connectivity index (χ1n) is 17.6. The van der Waals surface area contributed by atoms with E-state index in [2.05, 4.69) is 65.6 Å². The molecule has 5 rings (SSSR count). The molecule has 0 bridgehead atoms. The summed E-state index contributed by atoms with van der Waals surface area (Å²) in [5.41, 5.74) is 5.94. The Labute approximate surface area is 290 Å². The van der Waals surface area contributed by atoms with Crippen LogP contribution < -0.4 is 0 Å². The highest BCUT2D eigenvalue weighted by Gasteiger charge is 2.42. The molecule has 2 atom stereocenters. The number of aliphatic imine (C=N–C) groups is 1. The lowest BCUT2D eigenvalue weighted by atomic mass is 9.68. The van der Waals surface area contributed by atoms with Crippen LogP contribution in [0.4, 0.5) is 5.69 Å². The van der Waals surface area contributed by atoms with Crippen LogP contribution in [0.25, 0.3) is 0 Å². The first-order chi connectivity index (χ1) is 23.8. The van der Waals surface area contributed by atoms with E-state index in [0.29, 0.717) is 19.4 Å². The van der Waals surface area contributed by atoms with Crippen LogP contribution in [0.3, 0.4) is 0 Å². The van der Waals surface area contributed by atoms with Gasteiger partial charge in [0.1, 0.15) is 0 Å². The molecule has 2 heterocycles. The first-order valence-corrected chi connectivity index (χ1v) is 17.6. The largest absolute Gasteiger partial charge is 0.334 e. The van der Waals surface area contributed by atoms with E-state index in [-0.39, 0.29) is 17.1 Å². The van der Waals surface area contributed by atoms with Gasteiger partial charge in [0, 0.05) is 35.8 Å². The van der Waals surface area contributed by atoms with Gasteiger partial charge in [0.15, 0.2) is 0 Å². The maximum Gasteiger partial charge on any atom is 0.269 e. The average molecular weight is 664 g/mol. The second-order valence-electron chi connectivity index (χ2n) is 13.4. The number of nitro groups is 1. The van der Waals surface area contributed by atoms with Crippen molar-refractivity contribution in [2.24, 2.45) is 4.99 Å². The number of hydrogen-bond donors (Lipinski definition) is 0. The molecule has 0 spiro atoms. The summed E-state index contributed by atoms with van der Waals surface area (Å²) in [4.78, 5) is 47.7. The summed E-state index contributed by atoms with van der Waals surface area (Å²) < 4.78 is 0. The Balaban J connectivity index is 1.39. The van der Waals surface area contributed by atoms with E-state index < -0.39 is 16.9 Å². The number of carbonyl (C=O) groups excluding carboxylic acids is 2. The van der Waals surface area contributed by atoms with Gasteiger partial charge in [0.2, 0.25) is 12.8 Å². The van der Waals surface area contributed by atoms with Gasteiger partial charge >= 0.3 is 0 Å². The van der Waals surface area contributed by atoms with E-state index >= 15 is 0 Å². The van der Waals surface area contributed by atoms with E-state index in [0.717, 1.165) is 74.4 Å². The van der Waals surface area contributed by atoms with Gasteiger partial charge < -0.3 is 14.7 Å². The van der Waals surface area contributed by atoms with Gasteiger partial charge in [-0.05, 0) is 82.3 Å². The van der Waals surface area contributed by atoms with Crippen LogP contribution in [-0.4, -0.2) is 76.4 Å². The smallest absolute Gasteiger partial charge is 0.269 e. The van der Waals surface area contributed by atoms with Gasteiger partial charge in [-0.3, -0.25) is 24.7 Å². The molecule has 2 aliphatic rings. The molecule has 2 unspecified atom stereocenters. The van der Waals surface area contributed by atoms with Crippen molar-refractivity contribution < 1.29 is 14.5 Å². The summed E-state index contributed by atoms with van der Waals surface area (Å²) in [6.45, 7) is 11.2. The van der Waals surface area contributed by atoms with Crippen molar-refractivity contribution >= 4 is 24.2 Å². The molecule has 258 valence electrons. The van der Waals surface area contributed by atoms with E-state index in [4.69, 9.17) is 4.99 Å². The van der Waals surface area contributed by atoms with Gasteiger partial charge in [-0.15, -0.1) is 0 Å². The predicted molar refractivity (Wildman–Crippen MR) is 194 cm³/mol. The van der Waals surface area contributed by atoms with Crippen LogP contribution in [0, 0.1) is 10.1 Å². The zero-order valence-corrected chi connectivity index (χ0v) is 29.2. The molecule has 0 aliphatic carbocycles. The minimum atomic E-state index is -0.428. The monoisotopic (exact) mass is 663 g/mol. The Morgan fingerprint density at radius 1 is 0.898 bits per heavy atom. The number of benzene rings is 3. The molecule has 0 aromatic heterocycles. The molecular weight excluding hydrogens is 614 g/mol. The Morgan fingerprint density at radius 2 is 1.49 bits per heavy atom. The van der Waals surface area contributed by atoms with Gasteiger partial charge in [0.25, 0.3) is 5.69 Å². The van der Waals surface area contributed by atoms with E-state index in [1.807, 2.05) is 27.7 Å². The maximum atomic E-state index is 13.0. The van der Waals surface area contributed by atoms with Crippen molar-refractivity contribution in [1.82, 2.24) is 14.7 Å². The average Bonchev–Trinajstić information content (AvgIpc) is 3.14. The van der Waals surface area contributed by atoms with Crippen molar-refractivity contribution in [3.8, 4) is 0 Å². The van der Waals surface area contributed by atoms with Crippen molar-refractivity contribution in [2.45, 2.75) is 83.2 Å². The number of rotatable bonds is 15. The summed E-state index contributed by atoms with van der Waals surface area (Å²) in [5.74, 6) is -0.409. The minimum absolute atomic E-state index is 0.00448. The fourth-order valence-corrected chi connectivity index (χ4v) is 7.82. The van der Waals surface area contributed by atoms with E-state index in [1.54, 1.807) is 21.9 Å². The Morgan fingerprint density at radius 3 is 1.96 bits per heavy atom. The van der Waals surface area contributed by atoms with Crippen LogP contribution in [0.1, 0.15) is 82.4 Å². The second kappa shape index (κ2) is 16.2. The Kier molecular flexibility index (Phi) is 11.8. The second-order valence-corrected chi connectivity index (χ2v) is 13.4. The molecule has 9 nitrogen and oxygen atoms in total. The molecule has 3 aromatic carbocycles. The summed E-state index contributed by atoms with van der Waals surface area (Å²) in [7, 11) is 0. The van der Waals surface area contributed by atoms with Crippen LogP contribution in [0.2, 0.25) is 0 Å². The number of nitrogens with zero attached hydrogens (tertiary/aromatic N) is 5. The number of amides is 2. The quantitative estimate of drug-likeness (QED) is 0.0963. The zero-order valence-electron chi connectivity index (χ0n) is 29.2. The number of hydrogen-bond acceptors (Lipinski definition) is 6. The SMILES string of the molecule is CCC1=NC(CC)=C(N(C=O)CCCN2CCC(c3ccccc3)(c3ccccc3)CC2)C(c2ccc([N+](=O)[O-])cc2)C1N(C=O)C(C)C. The third kappa shape index (κ3) is 7.52. The first kappa shape index (κ1) is 35.7. The summed E-state index contributed by atoms with van der Waals surface area (Å²) >= 11 is 0. The minimum Gasteiger partial charge on any atom is -0.334 e. The molecule has 1 saturated heterocycles.